The van der Waals surface area contributed by atoms with E-state index in [1.165, 1.54) is 0 Å². The Balaban J connectivity index is 1.97. The first-order chi connectivity index (χ1) is 12.7. The molecule has 6 heteroatoms. The van der Waals surface area contributed by atoms with E-state index < -0.39 is 6.04 Å². The van der Waals surface area contributed by atoms with Crippen LogP contribution in [0.1, 0.15) is 36.8 Å². The third kappa shape index (κ3) is 2.63. The second kappa shape index (κ2) is 6.81. The maximum Gasteiger partial charge on any atom is 0.272 e. The normalized spacial score (nSPS) is 18.9. The fourth-order valence-electron chi connectivity index (χ4n) is 3.54. The van der Waals surface area contributed by atoms with Crippen LogP contribution in [-0.4, -0.2) is 22.0 Å². The minimum Gasteiger partial charge on any atom is -0.463 e. The summed E-state index contributed by atoms with van der Waals surface area (Å²) in [5, 5.41) is 8.09. The van der Waals surface area contributed by atoms with Crippen LogP contribution in [0.3, 0.4) is 0 Å². The van der Waals surface area contributed by atoms with Gasteiger partial charge in [-0.25, -0.2) is 11.6 Å². The maximum atomic E-state index is 7.84. The van der Waals surface area contributed by atoms with Crippen molar-refractivity contribution in [3.8, 4) is 11.5 Å². The van der Waals surface area contributed by atoms with Crippen molar-refractivity contribution in [1.82, 2.24) is 10.2 Å². The Morgan fingerprint density at radius 3 is 2.81 bits per heavy atom. The number of aromatic nitrogens is 2. The van der Waals surface area contributed by atoms with Crippen molar-refractivity contribution < 1.29 is 4.42 Å². The van der Waals surface area contributed by atoms with Gasteiger partial charge < -0.3 is 9.26 Å². The van der Waals surface area contributed by atoms with Gasteiger partial charge in [0.2, 0.25) is 0 Å². The zero-order chi connectivity index (χ0) is 18.1. The van der Waals surface area contributed by atoms with Gasteiger partial charge in [-0.3, -0.25) is 5.10 Å². The number of nitrogens with zero attached hydrogens (tertiary/aromatic N) is 3. The second-order valence-electron chi connectivity index (χ2n) is 6.24. The first-order valence-corrected chi connectivity index (χ1v) is 8.93. The van der Waals surface area contributed by atoms with Gasteiger partial charge in [0.25, 0.3) is 6.04 Å². The zero-order valence-corrected chi connectivity index (χ0v) is 15.0. The Labute approximate surface area is 156 Å². The molecule has 4 rings (SSSR count). The molecule has 0 aliphatic carbocycles. The van der Waals surface area contributed by atoms with Gasteiger partial charge in [-0.05, 0) is 30.2 Å². The lowest BCUT2D eigenvalue weighted by Gasteiger charge is -2.25. The molecule has 2 unspecified atom stereocenters. The molecular formula is C20H17ClN4O. The number of hydrogen-bond donors (Lipinski definition) is 1. The molecule has 1 aliphatic rings. The summed E-state index contributed by atoms with van der Waals surface area (Å²) in [7, 11) is 0. The van der Waals surface area contributed by atoms with E-state index in [2.05, 4.69) is 22.0 Å². The molecule has 5 nitrogen and oxygen atoms in total. The molecule has 3 heterocycles. The van der Waals surface area contributed by atoms with E-state index in [1.807, 2.05) is 36.4 Å². The lowest BCUT2D eigenvalue weighted by atomic mass is 9.80. The van der Waals surface area contributed by atoms with E-state index >= 15 is 0 Å². The van der Waals surface area contributed by atoms with Crippen molar-refractivity contribution in [3.63, 3.8) is 0 Å². The Hall–Kier alpha value is -2.84. The van der Waals surface area contributed by atoms with E-state index in [-0.39, 0.29) is 5.92 Å². The summed E-state index contributed by atoms with van der Waals surface area (Å²) < 4.78 is 5.57. The van der Waals surface area contributed by atoms with Gasteiger partial charge in [-0.15, -0.1) is 0 Å². The number of aromatic amines is 1. The molecule has 0 saturated heterocycles. The number of aliphatic imine (C=N–C) groups is 1. The molecule has 3 aromatic rings. The number of nitrogens with one attached hydrogen (secondary N) is 1. The third-order valence-corrected chi connectivity index (χ3v) is 5.00. The van der Waals surface area contributed by atoms with Crippen LogP contribution in [-0.2, 0) is 0 Å². The Morgan fingerprint density at radius 2 is 2.12 bits per heavy atom. The third-order valence-electron chi connectivity index (χ3n) is 4.65. The molecule has 1 aromatic carbocycles. The molecule has 130 valence electrons. The summed E-state index contributed by atoms with van der Waals surface area (Å²) in [6.07, 6.45) is 3.30. The summed E-state index contributed by atoms with van der Waals surface area (Å²) in [6, 6.07) is 11.0. The van der Waals surface area contributed by atoms with Crippen LogP contribution in [0.5, 0.6) is 0 Å². The van der Waals surface area contributed by atoms with Crippen LogP contribution in [0.4, 0.5) is 5.82 Å². The number of rotatable bonds is 4. The highest BCUT2D eigenvalue weighted by atomic mass is 35.5. The Morgan fingerprint density at radius 1 is 1.27 bits per heavy atom. The van der Waals surface area contributed by atoms with Gasteiger partial charge in [0, 0.05) is 10.6 Å². The van der Waals surface area contributed by atoms with Gasteiger partial charge in [-0.2, -0.15) is 5.10 Å². The molecule has 1 aliphatic heterocycles. The van der Waals surface area contributed by atoms with Gasteiger partial charge in [0.05, 0.1) is 12.2 Å². The SMILES string of the molecule is [C-]#[N+]C1C(CCC)=Nc2n[nH]c(-c3ccco3)c2C1c1ccccc1Cl. The number of furan rings is 1. The van der Waals surface area contributed by atoms with E-state index in [4.69, 9.17) is 27.6 Å². The Bertz CT molecular complexity index is 997. The topological polar surface area (TPSA) is 58.5 Å². The van der Waals surface area contributed by atoms with Gasteiger partial charge in [0.15, 0.2) is 11.6 Å². The zero-order valence-electron chi connectivity index (χ0n) is 14.2. The maximum absolute atomic E-state index is 7.84. The highest BCUT2D eigenvalue weighted by Gasteiger charge is 2.43. The molecule has 0 amide bonds. The summed E-state index contributed by atoms with van der Waals surface area (Å²) in [6.45, 7) is 9.93. The van der Waals surface area contributed by atoms with Crippen molar-refractivity contribution in [1.29, 1.82) is 0 Å². The number of fused-ring (bicyclic) bond motifs is 1. The van der Waals surface area contributed by atoms with Gasteiger partial charge >= 0.3 is 0 Å². The highest BCUT2D eigenvalue weighted by Crippen LogP contribution is 2.46. The van der Waals surface area contributed by atoms with Crippen molar-refractivity contribution in [2.24, 2.45) is 4.99 Å². The molecule has 0 fully saturated rings. The lowest BCUT2D eigenvalue weighted by Crippen LogP contribution is -2.29. The Kier molecular flexibility index (Phi) is 4.36. The summed E-state index contributed by atoms with van der Waals surface area (Å²) in [5.74, 6) is 1.05. The van der Waals surface area contributed by atoms with Crippen LogP contribution in [0, 0.1) is 6.57 Å². The largest absolute Gasteiger partial charge is 0.463 e. The summed E-state index contributed by atoms with van der Waals surface area (Å²) >= 11 is 6.52. The predicted octanol–water partition coefficient (Wildman–Crippen LogP) is 5.63. The van der Waals surface area contributed by atoms with Crippen molar-refractivity contribution in [2.45, 2.75) is 31.7 Å². The smallest absolute Gasteiger partial charge is 0.272 e. The first-order valence-electron chi connectivity index (χ1n) is 8.55. The second-order valence-corrected chi connectivity index (χ2v) is 6.65. The molecule has 2 aromatic heterocycles. The summed E-state index contributed by atoms with van der Waals surface area (Å²) in [4.78, 5) is 8.63. The fraction of sp³-hybridized carbons (Fsp3) is 0.250. The van der Waals surface area contributed by atoms with Crippen molar-refractivity contribution in [3.05, 3.63) is 70.2 Å². The lowest BCUT2D eigenvalue weighted by molar-refractivity contribution is 0.578. The molecule has 1 N–H and O–H groups in total. The monoisotopic (exact) mass is 364 g/mol. The van der Waals surface area contributed by atoms with E-state index in [0.717, 1.165) is 35.4 Å². The molecule has 0 spiro atoms. The van der Waals surface area contributed by atoms with E-state index in [9.17, 15) is 0 Å². The molecular weight excluding hydrogens is 348 g/mol. The minimum atomic E-state index is -0.409. The standard InChI is InChI=1S/C20H17ClN4O/c1-3-7-14-18(22-2)16(12-8-4-5-9-13(12)21)17-19(15-10-6-11-26-15)24-25-20(17)23-14/h4-6,8-11,16,18H,3,7H2,1H3,(H,24,25). The molecule has 0 saturated carbocycles. The fourth-order valence-corrected chi connectivity index (χ4v) is 3.80. The molecule has 26 heavy (non-hydrogen) atoms. The highest BCUT2D eigenvalue weighted by molar-refractivity contribution is 6.31. The average molecular weight is 365 g/mol. The molecule has 2 atom stereocenters. The minimum absolute atomic E-state index is 0.242. The molecule has 0 bridgehead atoms. The van der Waals surface area contributed by atoms with Crippen LogP contribution < -0.4 is 0 Å². The number of benzene rings is 1. The van der Waals surface area contributed by atoms with Crippen molar-refractivity contribution >= 4 is 23.1 Å². The van der Waals surface area contributed by atoms with Crippen LogP contribution >= 0.6 is 11.6 Å². The number of hydrogen-bond acceptors (Lipinski definition) is 3. The summed E-state index contributed by atoms with van der Waals surface area (Å²) in [5.41, 5.74) is 3.39. The first kappa shape index (κ1) is 16.6. The van der Waals surface area contributed by atoms with Gasteiger partial charge in [-0.1, -0.05) is 43.1 Å². The quantitative estimate of drug-likeness (QED) is 0.610. The van der Waals surface area contributed by atoms with Crippen LogP contribution in [0.2, 0.25) is 5.02 Å². The van der Waals surface area contributed by atoms with Crippen LogP contribution in [0.15, 0.2) is 52.1 Å². The van der Waals surface area contributed by atoms with Crippen molar-refractivity contribution in [2.75, 3.05) is 0 Å². The van der Waals surface area contributed by atoms with Crippen LogP contribution in [0.25, 0.3) is 16.3 Å². The predicted molar refractivity (Wildman–Crippen MR) is 102 cm³/mol. The van der Waals surface area contributed by atoms with Gasteiger partial charge in [0.1, 0.15) is 11.4 Å². The number of halogens is 1. The average Bonchev–Trinajstić information content (AvgIpc) is 3.30. The molecule has 0 radical (unpaired) electrons. The number of H-pyrrole nitrogens is 1. The van der Waals surface area contributed by atoms with E-state index in [0.29, 0.717) is 16.6 Å². The van der Waals surface area contributed by atoms with E-state index in [1.54, 1.807) is 6.26 Å².